The van der Waals surface area contributed by atoms with Gasteiger partial charge in [-0.1, -0.05) is 0 Å². The molecule has 1 aromatic heterocycles. The van der Waals surface area contributed by atoms with Crippen molar-refractivity contribution in [1.82, 2.24) is 10.4 Å². The smallest absolute Gasteiger partial charge is 0.141 e. The maximum Gasteiger partial charge on any atom is 0.141 e. The monoisotopic (exact) mass is 183 g/mol. The molecule has 5 nitrogen and oxygen atoms in total. The molecule has 0 spiro atoms. The number of hydrazine groups is 1. The number of nitrogens with two attached hydrogens (primary N) is 1. The van der Waals surface area contributed by atoms with Crippen LogP contribution in [0.4, 0.5) is 0 Å². The molecule has 0 radical (unpaired) electrons. The Hall–Kier alpha value is -1.17. The Balaban J connectivity index is 3.15. The molecule has 0 saturated carbocycles. The summed E-state index contributed by atoms with van der Waals surface area (Å²) >= 11 is 0. The Bertz CT molecular complexity index is 302. The minimum atomic E-state index is -0.155. The second-order valence-electron chi connectivity index (χ2n) is 2.74. The number of aliphatic hydroxyl groups excluding tert-OH is 1. The molecule has 72 valence electrons. The summed E-state index contributed by atoms with van der Waals surface area (Å²) in [4.78, 5) is 3.91. The third kappa shape index (κ3) is 1.95. The number of nitrogens with zero attached hydrogens (tertiary/aromatic N) is 1. The van der Waals surface area contributed by atoms with Gasteiger partial charge in [-0.25, -0.2) is 0 Å². The minimum absolute atomic E-state index is 0.0875. The fourth-order valence-electron chi connectivity index (χ4n) is 1.12. The van der Waals surface area contributed by atoms with Crippen LogP contribution in [-0.4, -0.2) is 15.2 Å². The quantitative estimate of drug-likeness (QED) is 0.376. The van der Waals surface area contributed by atoms with E-state index in [0.29, 0.717) is 23.4 Å². The Morgan fingerprint density at radius 1 is 1.62 bits per heavy atom. The predicted molar refractivity (Wildman–Crippen MR) is 47.6 cm³/mol. The van der Waals surface area contributed by atoms with E-state index in [1.165, 1.54) is 6.20 Å². The fraction of sp³-hybridized carbons (Fsp3) is 0.375. The second-order valence-corrected chi connectivity index (χ2v) is 2.74. The summed E-state index contributed by atoms with van der Waals surface area (Å²) in [6.07, 6.45) is 1.53. The zero-order chi connectivity index (χ0) is 9.84. The van der Waals surface area contributed by atoms with Crippen molar-refractivity contribution < 1.29 is 10.2 Å². The first kappa shape index (κ1) is 9.91. The molecule has 13 heavy (non-hydrogen) atoms. The highest BCUT2D eigenvalue weighted by molar-refractivity contribution is 5.40. The minimum Gasteiger partial charge on any atom is -0.506 e. The number of aromatic hydroxyl groups is 1. The van der Waals surface area contributed by atoms with Crippen LogP contribution in [0.3, 0.4) is 0 Å². The van der Waals surface area contributed by atoms with Crippen LogP contribution in [0.2, 0.25) is 0 Å². The van der Waals surface area contributed by atoms with Gasteiger partial charge in [-0.15, -0.1) is 0 Å². The Kier molecular flexibility index (Phi) is 3.18. The molecule has 5 heteroatoms. The van der Waals surface area contributed by atoms with Crippen LogP contribution in [0.1, 0.15) is 16.8 Å². The summed E-state index contributed by atoms with van der Waals surface area (Å²) in [5.41, 5.74) is 4.14. The molecule has 0 aliphatic rings. The molecule has 1 rings (SSSR count). The highest BCUT2D eigenvalue weighted by atomic mass is 16.3. The molecule has 0 saturated heterocycles. The van der Waals surface area contributed by atoms with Crippen LogP contribution in [0.5, 0.6) is 5.75 Å². The molecule has 0 aliphatic heterocycles. The lowest BCUT2D eigenvalue weighted by Crippen LogP contribution is -2.22. The number of aromatic nitrogens is 1. The van der Waals surface area contributed by atoms with E-state index in [9.17, 15) is 5.11 Å². The first-order valence-electron chi connectivity index (χ1n) is 3.91. The SMILES string of the molecule is Cc1ncc(CO)c(CNN)c1O. The van der Waals surface area contributed by atoms with E-state index >= 15 is 0 Å². The first-order valence-corrected chi connectivity index (χ1v) is 3.91. The second kappa shape index (κ2) is 4.18. The van der Waals surface area contributed by atoms with Gasteiger partial charge in [0.2, 0.25) is 0 Å². The van der Waals surface area contributed by atoms with E-state index in [1.807, 2.05) is 0 Å². The summed E-state index contributed by atoms with van der Waals surface area (Å²) in [6, 6.07) is 0. The van der Waals surface area contributed by atoms with Crippen molar-refractivity contribution in [3.05, 3.63) is 23.0 Å². The number of pyridine rings is 1. The summed E-state index contributed by atoms with van der Waals surface area (Å²) in [6.45, 7) is 1.85. The molecular weight excluding hydrogens is 170 g/mol. The van der Waals surface area contributed by atoms with Gasteiger partial charge in [0.1, 0.15) is 5.75 Å². The van der Waals surface area contributed by atoms with E-state index in [1.54, 1.807) is 6.92 Å². The Morgan fingerprint density at radius 2 is 2.31 bits per heavy atom. The zero-order valence-corrected chi connectivity index (χ0v) is 7.41. The highest BCUT2D eigenvalue weighted by Crippen LogP contribution is 2.23. The van der Waals surface area contributed by atoms with Crippen LogP contribution in [-0.2, 0) is 13.2 Å². The maximum atomic E-state index is 9.57. The van der Waals surface area contributed by atoms with Crippen molar-refractivity contribution in [2.45, 2.75) is 20.1 Å². The van der Waals surface area contributed by atoms with Gasteiger partial charge in [0.15, 0.2) is 0 Å². The fourth-order valence-corrected chi connectivity index (χ4v) is 1.12. The summed E-state index contributed by atoms with van der Waals surface area (Å²) in [5, 5.41) is 18.5. The van der Waals surface area contributed by atoms with E-state index in [4.69, 9.17) is 10.9 Å². The van der Waals surface area contributed by atoms with Crippen LogP contribution in [0, 0.1) is 6.92 Å². The molecule has 0 fully saturated rings. The maximum absolute atomic E-state index is 9.57. The van der Waals surface area contributed by atoms with Crippen molar-refractivity contribution in [1.29, 1.82) is 0 Å². The average Bonchev–Trinajstić information content (AvgIpc) is 2.14. The van der Waals surface area contributed by atoms with Crippen molar-refractivity contribution in [2.24, 2.45) is 5.84 Å². The van der Waals surface area contributed by atoms with E-state index in [-0.39, 0.29) is 12.4 Å². The topological polar surface area (TPSA) is 91.4 Å². The van der Waals surface area contributed by atoms with Gasteiger partial charge in [0.05, 0.1) is 12.3 Å². The lowest BCUT2D eigenvalue weighted by molar-refractivity contribution is 0.278. The third-order valence-corrected chi connectivity index (χ3v) is 1.88. The number of rotatable bonds is 3. The van der Waals surface area contributed by atoms with Crippen molar-refractivity contribution in [3.8, 4) is 5.75 Å². The number of nitrogens with one attached hydrogen (secondary N) is 1. The molecule has 0 amide bonds. The van der Waals surface area contributed by atoms with E-state index in [0.717, 1.165) is 0 Å². The zero-order valence-electron chi connectivity index (χ0n) is 7.41. The number of hydrogen-bond acceptors (Lipinski definition) is 5. The molecule has 1 aromatic rings. The summed E-state index contributed by atoms with van der Waals surface area (Å²) in [7, 11) is 0. The molecule has 5 N–H and O–H groups in total. The summed E-state index contributed by atoms with van der Waals surface area (Å²) in [5.74, 6) is 5.23. The van der Waals surface area contributed by atoms with Gasteiger partial charge in [-0.3, -0.25) is 16.3 Å². The Labute approximate surface area is 76.2 Å². The normalized spacial score (nSPS) is 10.4. The van der Waals surface area contributed by atoms with Crippen LogP contribution >= 0.6 is 0 Å². The van der Waals surface area contributed by atoms with E-state index in [2.05, 4.69) is 10.4 Å². The molecule has 0 aromatic carbocycles. The van der Waals surface area contributed by atoms with Crippen molar-refractivity contribution in [3.63, 3.8) is 0 Å². The average molecular weight is 183 g/mol. The largest absolute Gasteiger partial charge is 0.506 e. The lowest BCUT2D eigenvalue weighted by atomic mass is 10.1. The number of aliphatic hydroxyl groups is 1. The van der Waals surface area contributed by atoms with Crippen LogP contribution < -0.4 is 11.3 Å². The standard InChI is InChI=1S/C8H13N3O2/c1-5-8(13)7(3-11-9)6(4-12)2-10-5/h2,11-13H,3-4,9H2,1H3. The highest BCUT2D eigenvalue weighted by Gasteiger charge is 2.09. The lowest BCUT2D eigenvalue weighted by Gasteiger charge is -2.10. The molecule has 0 aliphatic carbocycles. The predicted octanol–water partition coefficient (Wildman–Crippen LogP) is -0.449. The molecule has 1 heterocycles. The molecule has 0 unspecified atom stereocenters. The van der Waals surface area contributed by atoms with Gasteiger partial charge < -0.3 is 10.2 Å². The molecule has 0 atom stereocenters. The van der Waals surface area contributed by atoms with Gasteiger partial charge in [-0.05, 0) is 6.92 Å². The number of aryl methyl sites for hydroxylation is 1. The van der Waals surface area contributed by atoms with Crippen molar-refractivity contribution in [2.75, 3.05) is 0 Å². The number of hydrogen-bond donors (Lipinski definition) is 4. The third-order valence-electron chi connectivity index (χ3n) is 1.88. The van der Waals surface area contributed by atoms with Gasteiger partial charge >= 0.3 is 0 Å². The van der Waals surface area contributed by atoms with Gasteiger partial charge in [0.25, 0.3) is 0 Å². The van der Waals surface area contributed by atoms with Crippen molar-refractivity contribution >= 4 is 0 Å². The Morgan fingerprint density at radius 3 is 2.85 bits per heavy atom. The summed E-state index contributed by atoms with van der Waals surface area (Å²) < 4.78 is 0. The van der Waals surface area contributed by atoms with Crippen LogP contribution in [0.25, 0.3) is 0 Å². The van der Waals surface area contributed by atoms with Gasteiger partial charge in [-0.2, -0.15) is 0 Å². The van der Waals surface area contributed by atoms with Crippen LogP contribution in [0.15, 0.2) is 6.20 Å². The first-order chi connectivity index (χ1) is 6.20. The van der Waals surface area contributed by atoms with Gasteiger partial charge in [0, 0.05) is 23.9 Å². The molecule has 0 bridgehead atoms. The van der Waals surface area contributed by atoms with E-state index < -0.39 is 0 Å². The molecular formula is C8H13N3O2.